The standard InChI is InChI=1S/C15H21F3N2O2/c1-3-11-6-7-13(22-11)10(2)19-12-5-4-8-20(14(12)21)9-15(16,17)18/h6-7,10,12,19H,3-5,8-9H2,1-2H3/t10-,12-/m0/s1. The lowest BCUT2D eigenvalue weighted by atomic mass is 10.0. The lowest BCUT2D eigenvalue weighted by molar-refractivity contribution is -0.165. The number of rotatable bonds is 5. The van der Waals surface area contributed by atoms with Crippen molar-refractivity contribution in [2.75, 3.05) is 13.1 Å². The van der Waals surface area contributed by atoms with E-state index in [0.717, 1.165) is 17.1 Å². The van der Waals surface area contributed by atoms with Crippen molar-refractivity contribution in [2.45, 2.75) is 51.4 Å². The Hall–Kier alpha value is -1.50. The summed E-state index contributed by atoms with van der Waals surface area (Å²) in [5.41, 5.74) is 0. The van der Waals surface area contributed by atoms with E-state index in [1.165, 1.54) is 0 Å². The van der Waals surface area contributed by atoms with Gasteiger partial charge in [-0.15, -0.1) is 0 Å². The van der Waals surface area contributed by atoms with Gasteiger partial charge < -0.3 is 9.32 Å². The second-order valence-corrected chi connectivity index (χ2v) is 5.62. The first-order chi connectivity index (χ1) is 10.3. The minimum Gasteiger partial charge on any atom is -0.464 e. The number of hydrogen-bond acceptors (Lipinski definition) is 3. The van der Waals surface area contributed by atoms with Crippen LogP contribution in [0.3, 0.4) is 0 Å². The van der Waals surface area contributed by atoms with Crippen LogP contribution in [0.15, 0.2) is 16.5 Å². The predicted octanol–water partition coefficient (Wildman–Crippen LogP) is 3.05. The zero-order valence-corrected chi connectivity index (χ0v) is 12.7. The van der Waals surface area contributed by atoms with Crippen molar-refractivity contribution in [1.29, 1.82) is 0 Å². The molecule has 0 aliphatic carbocycles. The number of hydrogen-bond donors (Lipinski definition) is 1. The average Bonchev–Trinajstić information content (AvgIpc) is 2.90. The van der Waals surface area contributed by atoms with Crippen LogP contribution in [0.25, 0.3) is 0 Å². The van der Waals surface area contributed by atoms with Crippen molar-refractivity contribution >= 4 is 5.91 Å². The van der Waals surface area contributed by atoms with Crippen LogP contribution in [0.1, 0.15) is 44.3 Å². The number of amides is 1. The highest BCUT2D eigenvalue weighted by atomic mass is 19.4. The minimum atomic E-state index is -4.36. The van der Waals surface area contributed by atoms with Gasteiger partial charge in [0, 0.05) is 13.0 Å². The smallest absolute Gasteiger partial charge is 0.406 e. The summed E-state index contributed by atoms with van der Waals surface area (Å²) in [5, 5.41) is 3.09. The van der Waals surface area contributed by atoms with Gasteiger partial charge >= 0.3 is 6.18 Å². The first-order valence-electron chi connectivity index (χ1n) is 7.50. The topological polar surface area (TPSA) is 45.5 Å². The summed E-state index contributed by atoms with van der Waals surface area (Å²) >= 11 is 0. The summed E-state index contributed by atoms with van der Waals surface area (Å²) in [7, 11) is 0. The summed E-state index contributed by atoms with van der Waals surface area (Å²) in [6.07, 6.45) is -2.49. The molecule has 1 N–H and O–H groups in total. The molecule has 1 saturated heterocycles. The SMILES string of the molecule is CCc1ccc([C@H](C)N[C@H]2CCCN(CC(F)(F)F)C2=O)o1. The first kappa shape index (κ1) is 16.9. The quantitative estimate of drug-likeness (QED) is 0.907. The molecule has 2 heterocycles. The van der Waals surface area contributed by atoms with Gasteiger partial charge in [0.1, 0.15) is 18.1 Å². The number of likely N-dealkylation sites (tertiary alicyclic amines) is 1. The molecule has 2 atom stereocenters. The van der Waals surface area contributed by atoms with E-state index in [2.05, 4.69) is 5.32 Å². The summed E-state index contributed by atoms with van der Waals surface area (Å²) in [5.74, 6) is 1.05. The van der Waals surface area contributed by atoms with Crippen molar-refractivity contribution in [1.82, 2.24) is 10.2 Å². The fourth-order valence-corrected chi connectivity index (χ4v) is 2.67. The van der Waals surface area contributed by atoms with E-state index >= 15 is 0 Å². The average molecular weight is 318 g/mol. The van der Waals surface area contributed by atoms with Crippen LogP contribution in [0.5, 0.6) is 0 Å². The second-order valence-electron chi connectivity index (χ2n) is 5.62. The third-order valence-electron chi connectivity index (χ3n) is 3.81. The fourth-order valence-electron chi connectivity index (χ4n) is 2.67. The van der Waals surface area contributed by atoms with Gasteiger partial charge in [-0.25, -0.2) is 0 Å². The van der Waals surface area contributed by atoms with Crippen LogP contribution in [0, 0.1) is 0 Å². The Morgan fingerprint density at radius 1 is 1.45 bits per heavy atom. The second kappa shape index (κ2) is 6.73. The summed E-state index contributed by atoms with van der Waals surface area (Å²) in [4.78, 5) is 13.0. The molecule has 0 bridgehead atoms. The predicted molar refractivity (Wildman–Crippen MR) is 75.3 cm³/mol. The van der Waals surface area contributed by atoms with E-state index in [-0.39, 0.29) is 12.6 Å². The van der Waals surface area contributed by atoms with Gasteiger partial charge in [-0.2, -0.15) is 13.2 Å². The molecule has 0 unspecified atom stereocenters. The maximum Gasteiger partial charge on any atom is 0.406 e. The largest absolute Gasteiger partial charge is 0.464 e. The Balaban J connectivity index is 1.97. The highest BCUT2D eigenvalue weighted by molar-refractivity contribution is 5.82. The Labute approximate surface area is 127 Å². The first-order valence-corrected chi connectivity index (χ1v) is 7.50. The number of carbonyl (C=O) groups excluding carboxylic acids is 1. The highest BCUT2D eigenvalue weighted by Gasteiger charge is 2.37. The zero-order valence-electron chi connectivity index (χ0n) is 12.7. The van der Waals surface area contributed by atoms with Crippen LogP contribution >= 0.6 is 0 Å². The highest BCUT2D eigenvalue weighted by Crippen LogP contribution is 2.23. The molecule has 0 spiro atoms. The molecule has 1 aliphatic rings. The molecule has 2 rings (SSSR count). The molecule has 124 valence electrons. The fraction of sp³-hybridized carbons (Fsp3) is 0.667. The lowest BCUT2D eigenvalue weighted by Crippen LogP contribution is -2.53. The third-order valence-corrected chi connectivity index (χ3v) is 3.81. The number of nitrogens with zero attached hydrogens (tertiary/aromatic N) is 1. The summed E-state index contributed by atoms with van der Waals surface area (Å²) < 4.78 is 43.1. The number of alkyl halides is 3. The number of furan rings is 1. The van der Waals surface area contributed by atoms with E-state index in [1.54, 1.807) is 0 Å². The summed E-state index contributed by atoms with van der Waals surface area (Å²) in [6, 6.07) is 2.88. The van der Waals surface area contributed by atoms with Gasteiger partial charge in [-0.1, -0.05) is 6.92 Å². The monoisotopic (exact) mass is 318 g/mol. The molecule has 7 heteroatoms. The Kier molecular flexibility index (Phi) is 5.16. The van der Waals surface area contributed by atoms with E-state index in [9.17, 15) is 18.0 Å². The number of piperidine rings is 1. The van der Waals surface area contributed by atoms with Gasteiger partial charge in [-0.05, 0) is 31.9 Å². The molecule has 0 saturated carbocycles. The van der Waals surface area contributed by atoms with Crippen molar-refractivity contribution in [2.24, 2.45) is 0 Å². The van der Waals surface area contributed by atoms with Crippen LogP contribution < -0.4 is 5.32 Å². The number of halogens is 3. The Bertz CT molecular complexity index is 513. The third kappa shape index (κ3) is 4.25. The van der Waals surface area contributed by atoms with Gasteiger partial charge in [0.15, 0.2) is 0 Å². The van der Waals surface area contributed by atoms with Gasteiger partial charge in [0.05, 0.1) is 12.1 Å². The molecule has 1 amide bonds. The summed E-state index contributed by atoms with van der Waals surface area (Å²) in [6.45, 7) is 2.79. The molecule has 1 aromatic rings. The molecule has 1 fully saturated rings. The van der Waals surface area contributed by atoms with Crippen molar-refractivity contribution in [3.05, 3.63) is 23.7 Å². The maximum atomic E-state index is 12.5. The normalized spacial score (nSPS) is 21.2. The number of nitrogens with one attached hydrogen (secondary N) is 1. The maximum absolute atomic E-state index is 12.5. The number of aryl methyl sites for hydroxylation is 1. The number of carbonyl (C=O) groups is 1. The van der Waals surface area contributed by atoms with Crippen LogP contribution in [-0.4, -0.2) is 36.1 Å². The Morgan fingerprint density at radius 3 is 2.77 bits per heavy atom. The van der Waals surface area contributed by atoms with E-state index in [0.29, 0.717) is 18.6 Å². The molecule has 1 aliphatic heterocycles. The van der Waals surface area contributed by atoms with Crippen molar-refractivity contribution < 1.29 is 22.4 Å². The molecule has 22 heavy (non-hydrogen) atoms. The zero-order chi connectivity index (χ0) is 16.3. The molecule has 1 aromatic heterocycles. The van der Waals surface area contributed by atoms with E-state index < -0.39 is 24.7 Å². The minimum absolute atomic E-state index is 0.158. The molecule has 0 radical (unpaired) electrons. The lowest BCUT2D eigenvalue weighted by Gasteiger charge is -2.34. The molecular weight excluding hydrogens is 297 g/mol. The van der Waals surface area contributed by atoms with Gasteiger partial charge in [-0.3, -0.25) is 10.1 Å². The van der Waals surface area contributed by atoms with Crippen LogP contribution in [-0.2, 0) is 11.2 Å². The molecule has 4 nitrogen and oxygen atoms in total. The van der Waals surface area contributed by atoms with Crippen molar-refractivity contribution in [3.63, 3.8) is 0 Å². The van der Waals surface area contributed by atoms with Crippen molar-refractivity contribution in [3.8, 4) is 0 Å². The van der Waals surface area contributed by atoms with E-state index in [1.807, 2.05) is 26.0 Å². The van der Waals surface area contributed by atoms with Crippen LogP contribution in [0.2, 0.25) is 0 Å². The Morgan fingerprint density at radius 2 is 2.18 bits per heavy atom. The molecular formula is C15H21F3N2O2. The van der Waals surface area contributed by atoms with Gasteiger partial charge in [0.2, 0.25) is 5.91 Å². The van der Waals surface area contributed by atoms with E-state index in [4.69, 9.17) is 4.42 Å². The van der Waals surface area contributed by atoms with Crippen LogP contribution in [0.4, 0.5) is 13.2 Å². The molecule has 0 aromatic carbocycles. The van der Waals surface area contributed by atoms with Gasteiger partial charge in [0.25, 0.3) is 0 Å².